The zero-order chi connectivity index (χ0) is 14.8. The Kier molecular flexibility index (Phi) is 4.23. The van der Waals surface area contributed by atoms with Crippen LogP contribution < -0.4 is 0 Å². The lowest BCUT2D eigenvalue weighted by atomic mass is 10.3. The first kappa shape index (κ1) is 14.5. The number of hydrogen-bond acceptors (Lipinski definition) is 5. The zero-order valence-electron chi connectivity index (χ0n) is 12.4. The maximum absolute atomic E-state index is 5.57. The second kappa shape index (κ2) is 6.13. The maximum atomic E-state index is 5.57. The van der Waals surface area contributed by atoms with E-state index in [1.807, 2.05) is 21.4 Å². The predicted molar refractivity (Wildman–Crippen MR) is 81.4 cm³/mol. The van der Waals surface area contributed by atoms with Gasteiger partial charge in [0.05, 0.1) is 25.6 Å². The van der Waals surface area contributed by atoms with Crippen molar-refractivity contribution in [1.29, 1.82) is 0 Å². The van der Waals surface area contributed by atoms with Crippen molar-refractivity contribution in [1.82, 2.24) is 19.2 Å². The number of nitrogens with zero attached hydrogens (tertiary/aromatic N) is 4. The van der Waals surface area contributed by atoms with Crippen LogP contribution in [0.1, 0.15) is 13.8 Å². The van der Waals surface area contributed by atoms with Crippen LogP contribution in [0.15, 0.2) is 22.8 Å². The number of morpholine rings is 1. The van der Waals surface area contributed by atoms with Gasteiger partial charge in [-0.25, -0.2) is 4.68 Å². The van der Waals surface area contributed by atoms with Gasteiger partial charge in [0.1, 0.15) is 0 Å². The van der Waals surface area contributed by atoms with E-state index < -0.39 is 0 Å². The van der Waals surface area contributed by atoms with Gasteiger partial charge in [-0.2, -0.15) is 0 Å². The highest BCUT2D eigenvalue weighted by Crippen LogP contribution is 2.19. The topological polar surface area (TPSA) is 48.4 Å². The molecule has 2 aromatic rings. The van der Waals surface area contributed by atoms with E-state index in [4.69, 9.17) is 21.4 Å². The molecule has 0 N–H and O–H groups in total. The monoisotopic (exact) mass is 308 g/mol. The first-order valence-corrected chi connectivity index (χ1v) is 7.65. The number of aromatic nitrogens is 3. The normalized spacial score (nSPS) is 20.0. The summed E-state index contributed by atoms with van der Waals surface area (Å²) >= 11 is 5.55. The fraction of sp³-hybridized carbons (Fsp3) is 0.571. The highest BCUT2D eigenvalue weighted by atomic mass is 32.1. The average molecular weight is 308 g/mol. The molecule has 114 valence electrons. The number of furan rings is 1. The molecule has 0 radical (unpaired) electrons. The molecule has 6 nitrogen and oxygen atoms in total. The third-order valence-electron chi connectivity index (χ3n) is 3.64. The summed E-state index contributed by atoms with van der Waals surface area (Å²) < 4.78 is 15.6. The van der Waals surface area contributed by atoms with Gasteiger partial charge in [0.15, 0.2) is 16.4 Å². The lowest BCUT2D eigenvalue weighted by Crippen LogP contribution is -2.42. The first-order valence-electron chi connectivity index (χ1n) is 7.24. The molecule has 21 heavy (non-hydrogen) atoms. The Morgan fingerprint density at radius 1 is 1.48 bits per heavy atom. The summed E-state index contributed by atoms with van der Waals surface area (Å²) in [7, 11) is 0. The number of hydrogen-bond donors (Lipinski definition) is 0. The van der Waals surface area contributed by atoms with E-state index >= 15 is 0 Å². The molecule has 1 atom stereocenters. The standard InChI is InChI=1S/C14H20N4O2S/c1-3-17-13(12-5-4-7-20-12)15-18(14(17)21)10-16-6-8-19-11(2)9-16/h4-5,7,11H,3,6,8-10H2,1-2H3. The number of rotatable bonds is 4. The van der Waals surface area contributed by atoms with Crippen molar-refractivity contribution in [3.8, 4) is 11.6 Å². The van der Waals surface area contributed by atoms with Crippen molar-refractivity contribution in [2.75, 3.05) is 19.7 Å². The van der Waals surface area contributed by atoms with E-state index in [0.29, 0.717) is 6.67 Å². The molecule has 3 rings (SSSR count). The highest BCUT2D eigenvalue weighted by Gasteiger charge is 2.19. The maximum Gasteiger partial charge on any atom is 0.199 e. The minimum absolute atomic E-state index is 0.255. The largest absolute Gasteiger partial charge is 0.461 e. The summed E-state index contributed by atoms with van der Waals surface area (Å²) in [4.78, 5) is 2.31. The molecule has 0 aromatic carbocycles. The third-order valence-corrected chi connectivity index (χ3v) is 4.07. The molecule has 1 unspecified atom stereocenters. The van der Waals surface area contributed by atoms with Gasteiger partial charge < -0.3 is 9.15 Å². The molecule has 7 heteroatoms. The predicted octanol–water partition coefficient (Wildman–Crippen LogP) is 2.37. The molecule has 0 aliphatic carbocycles. The lowest BCUT2D eigenvalue weighted by molar-refractivity contribution is -0.0307. The Morgan fingerprint density at radius 3 is 3.00 bits per heavy atom. The minimum atomic E-state index is 0.255. The fourth-order valence-corrected chi connectivity index (χ4v) is 2.93. The molecule has 0 amide bonds. The van der Waals surface area contributed by atoms with E-state index in [9.17, 15) is 0 Å². The summed E-state index contributed by atoms with van der Waals surface area (Å²) in [5.41, 5.74) is 0. The first-order chi connectivity index (χ1) is 10.2. The van der Waals surface area contributed by atoms with Crippen LogP contribution in [-0.4, -0.2) is 45.0 Å². The van der Waals surface area contributed by atoms with Crippen LogP contribution >= 0.6 is 12.2 Å². The van der Waals surface area contributed by atoms with Gasteiger partial charge in [-0.1, -0.05) is 0 Å². The van der Waals surface area contributed by atoms with E-state index in [1.165, 1.54) is 0 Å². The van der Waals surface area contributed by atoms with Gasteiger partial charge in [-0.3, -0.25) is 9.47 Å². The third kappa shape index (κ3) is 2.95. The summed E-state index contributed by atoms with van der Waals surface area (Å²) in [6, 6.07) is 3.77. The summed E-state index contributed by atoms with van der Waals surface area (Å²) in [6.07, 6.45) is 1.91. The number of ether oxygens (including phenoxy) is 1. The van der Waals surface area contributed by atoms with Crippen LogP contribution in [0.3, 0.4) is 0 Å². The molecule has 3 heterocycles. The van der Waals surface area contributed by atoms with Crippen molar-refractivity contribution in [2.24, 2.45) is 0 Å². The zero-order valence-corrected chi connectivity index (χ0v) is 13.2. The molecule has 1 aliphatic heterocycles. The van der Waals surface area contributed by atoms with Crippen LogP contribution in [0.5, 0.6) is 0 Å². The summed E-state index contributed by atoms with van der Waals surface area (Å²) in [5.74, 6) is 1.53. The van der Waals surface area contributed by atoms with E-state index in [1.54, 1.807) is 6.26 Å². The van der Waals surface area contributed by atoms with E-state index in [-0.39, 0.29) is 6.10 Å². The van der Waals surface area contributed by atoms with E-state index in [2.05, 4.69) is 23.8 Å². The quantitative estimate of drug-likeness (QED) is 0.812. The van der Waals surface area contributed by atoms with Gasteiger partial charge in [-0.05, 0) is 38.2 Å². The Morgan fingerprint density at radius 2 is 2.33 bits per heavy atom. The fourth-order valence-electron chi connectivity index (χ4n) is 2.61. The summed E-state index contributed by atoms with van der Waals surface area (Å²) in [5, 5.41) is 4.64. The van der Waals surface area contributed by atoms with Crippen molar-refractivity contribution >= 4 is 12.2 Å². The van der Waals surface area contributed by atoms with Crippen LogP contribution in [-0.2, 0) is 18.0 Å². The lowest BCUT2D eigenvalue weighted by Gasteiger charge is -2.30. The van der Waals surface area contributed by atoms with Gasteiger partial charge in [0.25, 0.3) is 0 Å². The molecule has 1 aliphatic rings. The van der Waals surface area contributed by atoms with Crippen LogP contribution in [0.25, 0.3) is 11.6 Å². The van der Waals surface area contributed by atoms with Crippen LogP contribution in [0.4, 0.5) is 0 Å². The van der Waals surface area contributed by atoms with Crippen molar-refractivity contribution in [3.05, 3.63) is 23.2 Å². The Balaban J connectivity index is 1.87. The van der Waals surface area contributed by atoms with Crippen molar-refractivity contribution < 1.29 is 9.15 Å². The second-order valence-corrected chi connectivity index (χ2v) is 5.59. The van der Waals surface area contributed by atoms with Gasteiger partial charge in [-0.15, -0.1) is 5.10 Å². The van der Waals surface area contributed by atoms with Crippen molar-refractivity contribution in [3.63, 3.8) is 0 Å². The van der Waals surface area contributed by atoms with Gasteiger partial charge in [0, 0.05) is 19.6 Å². The minimum Gasteiger partial charge on any atom is -0.461 e. The molecule has 2 aromatic heterocycles. The average Bonchev–Trinajstić information content (AvgIpc) is 3.08. The summed E-state index contributed by atoms with van der Waals surface area (Å²) in [6.45, 7) is 8.17. The van der Waals surface area contributed by atoms with E-state index in [0.717, 1.165) is 42.6 Å². The Bertz CT molecular complexity index is 646. The Hall–Kier alpha value is -1.44. The molecule has 0 saturated carbocycles. The Labute approximate surface area is 128 Å². The second-order valence-electron chi connectivity index (χ2n) is 5.23. The molecular weight excluding hydrogens is 288 g/mol. The van der Waals surface area contributed by atoms with Gasteiger partial charge >= 0.3 is 0 Å². The molecule has 0 spiro atoms. The SMILES string of the molecule is CCn1c(-c2ccco2)nn(CN2CCOC(C)C2)c1=S. The highest BCUT2D eigenvalue weighted by molar-refractivity contribution is 7.71. The van der Waals surface area contributed by atoms with Crippen LogP contribution in [0, 0.1) is 4.77 Å². The van der Waals surface area contributed by atoms with Crippen LogP contribution in [0.2, 0.25) is 0 Å². The molecule has 0 bridgehead atoms. The molecular formula is C14H20N4O2S. The van der Waals surface area contributed by atoms with Gasteiger partial charge in [0.2, 0.25) is 0 Å². The van der Waals surface area contributed by atoms with Crippen molar-refractivity contribution in [2.45, 2.75) is 33.2 Å². The molecule has 1 fully saturated rings. The molecule has 1 saturated heterocycles. The smallest absolute Gasteiger partial charge is 0.199 e.